The van der Waals surface area contributed by atoms with E-state index in [1.165, 1.54) is 25.7 Å². The number of aliphatic imine (C=N–C) groups is 1. The predicted molar refractivity (Wildman–Crippen MR) is 113 cm³/mol. The van der Waals surface area contributed by atoms with Gasteiger partial charge in [-0.3, -0.25) is 10.2 Å². The first-order valence-electron chi connectivity index (χ1n) is 10.3. The maximum atomic E-state index is 5.58. The van der Waals surface area contributed by atoms with Crippen molar-refractivity contribution >= 4 is 22.8 Å². The monoisotopic (exact) mass is 382 g/mol. The summed E-state index contributed by atoms with van der Waals surface area (Å²) in [7, 11) is 0. The molecule has 0 amide bonds. The molecule has 150 valence electrons. The predicted octanol–water partition coefficient (Wildman–Crippen LogP) is 3.50. The lowest BCUT2D eigenvalue weighted by Crippen LogP contribution is -2.52. The first kappa shape index (κ1) is 18.9. The summed E-state index contributed by atoms with van der Waals surface area (Å²) in [6.07, 6.45) is 5.29. The molecule has 0 saturated heterocycles. The molecule has 1 saturated carbocycles. The van der Waals surface area contributed by atoms with Gasteiger partial charge in [0.05, 0.1) is 31.2 Å². The van der Waals surface area contributed by atoms with Crippen LogP contribution in [0.3, 0.4) is 0 Å². The topological polar surface area (TPSA) is 74.7 Å². The minimum absolute atomic E-state index is 0.569. The van der Waals surface area contributed by atoms with Crippen LogP contribution in [0.4, 0.5) is 5.95 Å². The molecule has 0 bridgehead atoms. The van der Waals surface area contributed by atoms with Gasteiger partial charge in [0.25, 0.3) is 0 Å². The SMILES string of the molecule is CCOc1ccc2nc(NC3=NCN([C@H]4CCCC[C@@H]4C)CN3)nc(C)c2c1. The van der Waals surface area contributed by atoms with Crippen molar-refractivity contribution in [3.63, 3.8) is 0 Å². The zero-order valence-corrected chi connectivity index (χ0v) is 17.0. The largest absolute Gasteiger partial charge is 0.494 e. The van der Waals surface area contributed by atoms with Crippen molar-refractivity contribution in [2.24, 2.45) is 10.9 Å². The van der Waals surface area contributed by atoms with Crippen LogP contribution in [0.15, 0.2) is 23.2 Å². The molecule has 1 aliphatic carbocycles. The minimum atomic E-state index is 0.569. The average Bonchev–Trinajstić information content (AvgIpc) is 2.70. The molecule has 4 rings (SSSR count). The number of rotatable bonds is 4. The Balaban J connectivity index is 1.45. The lowest BCUT2D eigenvalue weighted by molar-refractivity contribution is 0.107. The Bertz CT molecular complexity index is 867. The second-order valence-corrected chi connectivity index (χ2v) is 7.77. The van der Waals surface area contributed by atoms with Crippen molar-refractivity contribution in [2.75, 3.05) is 25.3 Å². The van der Waals surface area contributed by atoms with Crippen molar-refractivity contribution < 1.29 is 4.74 Å². The molecule has 0 spiro atoms. The number of aromatic nitrogens is 2. The van der Waals surface area contributed by atoms with E-state index in [0.29, 0.717) is 25.3 Å². The molecule has 7 heteroatoms. The lowest BCUT2D eigenvalue weighted by atomic mass is 9.85. The van der Waals surface area contributed by atoms with E-state index in [1.54, 1.807) is 0 Å². The molecule has 2 atom stereocenters. The Morgan fingerprint density at radius 1 is 1.25 bits per heavy atom. The van der Waals surface area contributed by atoms with Crippen LogP contribution in [0.5, 0.6) is 5.75 Å². The second kappa shape index (κ2) is 8.31. The van der Waals surface area contributed by atoms with E-state index in [2.05, 4.69) is 37.4 Å². The van der Waals surface area contributed by atoms with Gasteiger partial charge in [-0.1, -0.05) is 19.8 Å². The van der Waals surface area contributed by atoms with Crippen LogP contribution in [0, 0.1) is 12.8 Å². The Kier molecular flexibility index (Phi) is 5.62. The number of nitrogens with one attached hydrogen (secondary N) is 2. The Morgan fingerprint density at radius 3 is 2.86 bits per heavy atom. The van der Waals surface area contributed by atoms with Gasteiger partial charge in [-0.2, -0.15) is 0 Å². The van der Waals surface area contributed by atoms with E-state index in [4.69, 9.17) is 4.74 Å². The molecule has 28 heavy (non-hydrogen) atoms. The van der Waals surface area contributed by atoms with E-state index in [1.807, 2.05) is 32.0 Å². The number of ether oxygens (including phenoxy) is 1. The van der Waals surface area contributed by atoms with Gasteiger partial charge in [0.1, 0.15) is 5.75 Å². The summed E-state index contributed by atoms with van der Waals surface area (Å²) in [5, 5.41) is 7.65. The van der Waals surface area contributed by atoms with Crippen LogP contribution in [0.25, 0.3) is 10.9 Å². The lowest BCUT2D eigenvalue weighted by Gasteiger charge is -2.39. The number of guanidine groups is 1. The van der Waals surface area contributed by atoms with Crippen molar-refractivity contribution in [1.82, 2.24) is 20.2 Å². The van der Waals surface area contributed by atoms with Crippen LogP contribution in [-0.4, -0.2) is 46.8 Å². The third-order valence-electron chi connectivity index (χ3n) is 5.79. The minimum Gasteiger partial charge on any atom is -0.494 e. The highest BCUT2D eigenvalue weighted by molar-refractivity contribution is 5.93. The number of hydrogen-bond donors (Lipinski definition) is 2. The Labute approximate surface area is 166 Å². The molecule has 0 unspecified atom stereocenters. The van der Waals surface area contributed by atoms with Crippen LogP contribution in [-0.2, 0) is 0 Å². The van der Waals surface area contributed by atoms with E-state index in [-0.39, 0.29) is 0 Å². The normalized spacial score (nSPS) is 23.2. The first-order valence-corrected chi connectivity index (χ1v) is 10.3. The van der Waals surface area contributed by atoms with Gasteiger partial charge in [-0.05, 0) is 50.8 Å². The van der Waals surface area contributed by atoms with Gasteiger partial charge in [0.2, 0.25) is 11.9 Å². The van der Waals surface area contributed by atoms with Gasteiger partial charge in [0.15, 0.2) is 0 Å². The van der Waals surface area contributed by atoms with Crippen molar-refractivity contribution in [3.8, 4) is 5.75 Å². The summed E-state index contributed by atoms with van der Waals surface area (Å²) in [5.74, 6) is 2.90. The first-order chi connectivity index (χ1) is 13.6. The highest BCUT2D eigenvalue weighted by Gasteiger charge is 2.28. The van der Waals surface area contributed by atoms with Crippen molar-refractivity contribution in [2.45, 2.75) is 52.5 Å². The van der Waals surface area contributed by atoms with Crippen LogP contribution < -0.4 is 15.4 Å². The van der Waals surface area contributed by atoms with E-state index < -0.39 is 0 Å². The number of anilines is 1. The highest BCUT2D eigenvalue weighted by Crippen LogP contribution is 2.28. The smallest absolute Gasteiger partial charge is 0.230 e. The number of fused-ring (bicyclic) bond motifs is 1. The summed E-state index contributed by atoms with van der Waals surface area (Å²) in [6.45, 7) is 8.51. The third kappa shape index (κ3) is 4.04. The average molecular weight is 383 g/mol. The van der Waals surface area contributed by atoms with Gasteiger partial charge in [-0.15, -0.1) is 0 Å². The van der Waals surface area contributed by atoms with E-state index >= 15 is 0 Å². The Hall–Kier alpha value is -2.41. The van der Waals surface area contributed by atoms with Crippen molar-refractivity contribution in [1.29, 1.82) is 0 Å². The summed E-state index contributed by atoms with van der Waals surface area (Å²) < 4.78 is 5.58. The van der Waals surface area contributed by atoms with Crippen LogP contribution in [0.1, 0.15) is 45.2 Å². The van der Waals surface area contributed by atoms with Crippen LogP contribution in [0.2, 0.25) is 0 Å². The zero-order chi connectivity index (χ0) is 19.5. The molecule has 0 radical (unpaired) electrons. The number of aryl methyl sites for hydroxylation is 1. The summed E-state index contributed by atoms with van der Waals surface area (Å²) in [4.78, 5) is 16.4. The van der Waals surface area contributed by atoms with Gasteiger partial charge < -0.3 is 10.1 Å². The number of nitrogens with zero attached hydrogens (tertiary/aromatic N) is 4. The molecule has 2 N–H and O–H groups in total. The molecule has 7 nitrogen and oxygen atoms in total. The maximum absolute atomic E-state index is 5.58. The maximum Gasteiger partial charge on any atom is 0.230 e. The van der Waals surface area contributed by atoms with Gasteiger partial charge in [0, 0.05) is 11.4 Å². The third-order valence-corrected chi connectivity index (χ3v) is 5.79. The van der Waals surface area contributed by atoms with Gasteiger partial charge >= 0.3 is 0 Å². The molecule has 1 aliphatic heterocycles. The second-order valence-electron chi connectivity index (χ2n) is 7.77. The Morgan fingerprint density at radius 2 is 2.11 bits per heavy atom. The standard InChI is InChI=1S/C21H30N6O/c1-4-28-16-9-10-18-17(11-16)15(3)24-21(25-18)26-20-22-12-27(13-23-20)19-8-6-5-7-14(19)2/h9-11,14,19H,4-8,12-13H2,1-3H3,(H2,22,23,24,25,26)/t14-,19-/m0/s1. The molecular weight excluding hydrogens is 352 g/mol. The fourth-order valence-electron chi connectivity index (χ4n) is 4.27. The molecule has 2 aromatic rings. The zero-order valence-electron chi connectivity index (χ0n) is 17.0. The summed E-state index contributed by atoms with van der Waals surface area (Å²) in [6, 6.07) is 6.55. The molecule has 1 aromatic heterocycles. The molecule has 2 heterocycles. The van der Waals surface area contributed by atoms with E-state index in [9.17, 15) is 0 Å². The highest BCUT2D eigenvalue weighted by atomic mass is 16.5. The summed E-state index contributed by atoms with van der Waals surface area (Å²) >= 11 is 0. The number of hydrogen-bond acceptors (Lipinski definition) is 7. The molecular formula is C21H30N6O. The number of benzene rings is 1. The van der Waals surface area contributed by atoms with Gasteiger partial charge in [-0.25, -0.2) is 15.0 Å². The van der Waals surface area contributed by atoms with E-state index in [0.717, 1.165) is 40.9 Å². The molecule has 2 aliphatic rings. The summed E-state index contributed by atoms with van der Waals surface area (Å²) in [5.41, 5.74) is 1.82. The molecule has 1 fully saturated rings. The fraction of sp³-hybridized carbons (Fsp3) is 0.571. The van der Waals surface area contributed by atoms with Crippen molar-refractivity contribution in [3.05, 3.63) is 23.9 Å². The molecule has 1 aromatic carbocycles. The quantitative estimate of drug-likeness (QED) is 0.843. The van der Waals surface area contributed by atoms with Crippen LogP contribution >= 0.6 is 0 Å². The fourth-order valence-corrected chi connectivity index (χ4v) is 4.27.